The minimum atomic E-state index is -0.833. The number of carboxylic acids is 1. The first-order valence-corrected chi connectivity index (χ1v) is 8.00. The van der Waals surface area contributed by atoms with E-state index in [1.165, 1.54) is 44.9 Å². The summed E-state index contributed by atoms with van der Waals surface area (Å²) in [5.74, 6) is -0.833. The molecule has 4 heteroatoms. The van der Waals surface area contributed by atoms with Crippen LogP contribution in [0.5, 0.6) is 0 Å². The molecule has 0 fully saturated rings. The van der Waals surface area contributed by atoms with Gasteiger partial charge in [0, 0.05) is 11.4 Å². The summed E-state index contributed by atoms with van der Waals surface area (Å²) in [7, 11) is 0. The summed E-state index contributed by atoms with van der Waals surface area (Å²) in [5.41, 5.74) is 0. The lowest BCUT2D eigenvalue weighted by Crippen LogP contribution is -2.06. The van der Waals surface area contributed by atoms with Crippen LogP contribution in [-0.4, -0.2) is 26.7 Å². The molecule has 0 bridgehead atoms. The summed E-state index contributed by atoms with van der Waals surface area (Å²) < 4.78 is 0.883. The number of rotatable bonds is 9. The van der Waals surface area contributed by atoms with Gasteiger partial charge in [-0.25, -0.2) is 0 Å². The minimum absolute atomic E-state index is 0.0590. The average Bonchev–Trinajstić information content (AvgIpc) is 2.26. The molecule has 2 N–H and O–H groups in total. The van der Waals surface area contributed by atoms with Gasteiger partial charge in [-0.1, -0.05) is 74.5 Å². The van der Waals surface area contributed by atoms with Crippen molar-refractivity contribution in [2.24, 2.45) is 0 Å². The number of aliphatic hydroxyl groups is 1. The van der Waals surface area contributed by atoms with Gasteiger partial charge >= 0.3 is 0 Å². The topological polar surface area (TPSA) is 57.5 Å². The molecule has 0 saturated carbocycles. The molecule has 0 aromatic rings. The van der Waals surface area contributed by atoms with Gasteiger partial charge < -0.3 is 10.2 Å². The van der Waals surface area contributed by atoms with E-state index in [1.807, 2.05) is 0 Å². The summed E-state index contributed by atoms with van der Waals surface area (Å²) in [6, 6.07) is 0. The van der Waals surface area contributed by atoms with Crippen LogP contribution in [0.4, 0.5) is 0 Å². The van der Waals surface area contributed by atoms with E-state index in [1.54, 1.807) is 0 Å². The van der Waals surface area contributed by atoms with Crippen LogP contribution >= 0.6 is 22.6 Å². The van der Waals surface area contributed by atoms with E-state index in [9.17, 15) is 5.11 Å². The SMILES string of the molecule is CC(=O)O.CCCCCCCCCC(O)CI. The Hall–Kier alpha value is 0.160. The summed E-state index contributed by atoms with van der Waals surface area (Å²) in [4.78, 5) is 9.00. The summed E-state index contributed by atoms with van der Waals surface area (Å²) in [6.45, 7) is 3.33. The molecule has 0 amide bonds. The first kappa shape index (κ1) is 19.5. The van der Waals surface area contributed by atoms with E-state index >= 15 is 0 Å². The molecule has 0 aliphatic carbocycles. The Labute approximate surface area is 119 Å². The number of carboxylic acid groups (broad SMARTS) is 1. The van der Waals surface area contributed by atoms with Crippen molar-refractivity contribution in [3.8, 4) is 0 Å². The van der Waals surface area contributed by atoms with Gasteiger partial charge in [-0.15, -0.1) is 0 Å². The lowest BCUT2D eigenvalue weighted by Gasteiger charge is -2.05. The third-order valence-corrected chi connectivity index (χ3v) is 3.34. The van der Waals surface area contributed by atoms with Gasteiger partial charge in [-0.3, -0.25) is 4.79 Å². The van der Waals surface area contributed by atoms with E-state index in [2.05, 4.69) is 29.5 Å². The van der Waals surface area contributed by atoms with Crippen LogP contribution in [0.2, 0.25) is 0 Å². The van der Waals surface area contributed by atoms with Crippen LogP contribution < -0.4 is 0 Å². The largest absolute Gasteiger partial charge is 0.481 e. The van der Waals surface area contributed by atoms with E-state index in [0.717, 1.165) is 17.8 Å². The van der Waals surface area contributed by atoms with Crippen LogP contribution in [0.3, 0.4) is 0 Å². The number of aliphatic carboxylic acids is 1. The van der Waals surface area contributed by atoms with Crippen LogP contribution in [0.1, 0.15) is 65.2 Å². The fourth-order valence-electron chi connectivity index (χ4n) is 1.41. The third kappa shape index (κ3) is 26.0. The number of aliphatic hydroxyl groups excluding tert-OH is 1. The van der Waals surface area contributed by atoms with Crippen molar-refractivity contribution in [3.05, 3.63) is 0 Å². The highest BCUT2D eigenvalue weighted by Gasteiger charge is 1.99. The van der Waals surface area contributed by atoms with E-state index < -0.39 is 5.97 Å². The van der Waals surface area contributed by atoms with Gasteiger partial charge in [0.25, 0.3) is 5.97 Å². The smallest absolute Gasteiger partial charge is 0.300 e. The van der Waals surface area contributed by atoms with Crippen LogP contribution in [0.15, 0.2) is 0 Å². The van der Waals surface area contributed by atoms with Crippen LogP contribution in [0, 0.1) is 0 Å². The monoisotopic (exact) mass is 358 g/mol. The highest BCUT2D eigenvalue weighted by molar-refractivity contribution is 14.1. The molecule has 0 spiro atoms. The lowest BCUT2D eigenvalue weighted by atomic mass is 10.1. The Balaban J connectivity index is 0. The zero-order valence-corrected chi connectivity index (χ0v) is 13.3. The maximum atomic E-state index is 9.29. The minimum Gasteiger partial charge on any atom is -0.481 e. The number of unbranched alkanes of at least 4 members (excludes halogenated alkanes) is 6. The highest BCUT2D eigenvalue weighted by atomic mass is 127. The zero-order chi connectivity index (χ0) is 13.5. The van der Waals surface area contributed by atoms with Gasteiger partial charge in [0.05, 0.1) is 6.10 Å². The van der Waals surface area contributed by atoms with Crippen LogP contribution in [-0.2, 0) is 4.79 Å². The van der Waals surface area contributed by atoms with Crippen molar-refractivity contribution in [1.29, 1.82) is 0 Å². The second-order valence-corrected chi connectivity index (χ2v) is 5.12. The number of hydrogen-bond acceptors (Lipinski definition) is 2. The Bertz CT molecular complexity index is 159. The van der Waals surface area contributed by atoms with Crippen LogP contribution in [0.25, 0.3) is 0 Å². The molecule has 0 aromatic carbocycles. The molecule has 0 aromatic heterocycles. The molecule has 0 rings (SSSR count). The first-order valence-electron chi connectivity index (χ1n) is 6.48. The molecule has 3 nitrogen and oxygen atoms in total. The summed E-state index contributed by atoms with van der Waals surface area (Å²) in [6.07, 6.45) is 10.3. The molecule has 0 heterocycles. The van der Waals surface area contributed by atoms with Crippen molar-refractivity contribution in [2.45, 2.75) is 71.3 Å². The molecule has 0 saturated heterocycles. The maximum absolute atomic E-state index is 9.29. The predicted octanol–water partition coefficient (Wildman–Crippen LogP) is 4.01. The summed E-state index contributed by atoms with van der Waals surface area (Å²) >= 11 is 2.24. The van der Waals surface area contributed by atoms with Crippen molar-refractivity contribution in [3.63, 3.8) is 0 Å². The maximum Gasteiger partial charge on any atom is 0.300 e. The van der Waals surface area contributed by atoms with Crippen molar-refractivity contribution in [2.75, 3.05) is 4.43 Å². The van der Waals surface area contributed by atoms with Gasteiger partial charge in [-0.05, 0) is 6.42 Å². The van der Waals surface area contributed by atoms with Crippen molar-refractivity contribution in [1.82, 2.24) is 0 Å². The van der Waals surface area contributed by atoms with Crippen molar-refractivity contribution >= 4 is 28.6 Å². The van der Waals surface area contributed by atoms with E-state index in [0.29, 0.717) is 0 Å². The Kier molecular flexibility index (Phi) is 18.5. The normalized spacial score (nSPS) is 11.5. The Morgan fingerprint density at radius 3 is 1.94 bits per heavy atom. The van der Waals surface area contributed by atoms with Gasteiger partial charge in [-0.2, -0.15) is 0 Å². The van der Waals surface area contributed by atoms with Crippen molar-refractivity contribution < 1.29 is 15.0 Å². The second-order valence-electron chi connectivity index (χ2n) is 4.24. The molecular weight excluding hydrogens is 331 g/mol. The van der Waals surface area contributed by atoms with Gasteiger partial charge in [0.2, 0.25) is 0 Å². The molecule has 1 unspecified atom stereocenters. The second kappa shape index (κ2) is 16.2. The highest BCUT2D eigenvalue weighted by Crippen LogP contribution is 2.10. The Morgan fingerprint density at radius 1 is 1.12 bits per heavy atom. The Morgan fingerprint density at radius 2 is 1.53 bits per heavy atom. The zero-order valence-electron chi connectivity index (χ0n) is 11.1. The fraction of sp³-hybridized carbons (Fsp3) is 0.923. The third-order valence-electron chi connectivity index (χ3n) is 2.32. The van der Waals surface area contributed by atoms with E-state index in [4.69, 9.17) is 9.90 Å². The molecule has 0 radical (unpaired) electrons. The predicted molar refractivity (Wildman–Crippen MR) is 80.8 cm³/mol. The quantitative estimate of drug-likeness (QED) is 0.372. The van der Waals surface area contributed by atoms with E-state index in [-0.39, 0.29) is 6.10 Å². The number of alkyl halides is 1. The fourth-order valence-corrected chi connectivity index (χ4v) is 1.85. The standard InChI is InChI=1S/C11H23IO.C2H4O2/c1-2-3-4-5-6-7-8-9-11(13)10-12;1-2(3)4/h11,13H,2-10H2,1H3;1H3,(H,3,4). The molecule has 0 aliphatic heterocycles. The number of carbonyl (C=O) groups is 1. The van der Waals surface area contributed by atoms with Gasteiger partial charge in [0.1, 0.15) is 0 Å². The first-order chi connectivity index (χ1) is 8.04. The average molecular weight is 358 g/mol. The number of hydrogen-bond donors (Lipinski definition) is 2. The summed E-state index contributed by atoms with van der Waals surface area (Å²) in [5, 5.41) is 16.7. The number of halogens is 1. The molecular formula is C13H27IO3. The molecule has 0 aliphatic rings. The lowest BCUT2D eigenvalue weighted by molar-refractivity contribution is -0.134. The molecule has 1 atom stereocenters. The molecule has 17 heavy (non-hydrogen) atoms. The van der Waals surface area contributed by atoms with Gasteiger partial charge in [0.15, 0.2) is 0 Å². The molecule has 104 valence electrons.